The molecule has 1 nitrogen and oxygen atoms in total. The van der Waals surface area contributed by atoms with E-state index in [1.54, 1.807) is 0 Å². The normalized spacial score (nSPS) is 18.3. The van der Waals surface area contributed by atoms with Crippen LogP contribution in [-0.2, 0) is 5.41 Å². The molecule has 88 valence electrons. The van der Waals surface area contributed by atoms with Gasteiger partial charge in [0.25, 0.3) is 0 Å². The standard InChI is InChI=1S/C11H10F4O/c1-10(4-5-10)7-2-3-8(12)9(6-7)16-11(13,14)15/h2-3,6H,4-5H2,1H3. The van der Waals surface area contributed by atoms with Crippen LogP contribution in [0.25, 0.3) is 0 Å². The molecule has 0 bridgehead atoms. The highest BCUT2D eigenvalue weighted by molar-refractivity contribution is 5.37. The summed E-state index contributed by atoms with van der Waals surface area (Å²) >= 11 is 0. The third-order valence-corrected chi connectivity index (χ3v) is 2.85. The first-order chi connectivity index (χ1) is 7.30. The minimum atomic E-state index is -4.86. The van der Waals surface area contributed by atoms with Crippen LogP contribution in [-0.4, -0.2) is 6.36 Å². The molecule has 0 aromatic heterocycles. The molecule has 1 aromatic carbocycles. The molecule has 16 heavy (non-hydrogen) atoms. The van der Waals surface area contributed by atoms with Gasteiger partial charge in [0.1, 0.15) is 0 Å². The summed E-state index contributed by atoms with van der Waals surface area (Å²) < 4.78 is 52.6. The summed E-state index contributed by atoms with van der Waals surface area (Å²) in [5, 5.41) is 0. The van der Waals surface area contributed by atoms with Crippen molar-refractivity contribution in [1.82, 2.24) is 0 Å². The van der Waals surface area contributed by atoms with Gasteiger partial charge in [-0.1, -0.05) is 13.0 Å². The van der Waals surface area contributed by atoms with Gasteiger partial charge in [-0.25, -0.2) is 4.39 Å². The van der Waals surface area contributed by atoms with Crippen molar-refractivity contribution >= 4 is 0 Å². The Morgan fingerprint density at radius 3 is 2.38 bits per heavy atom. The van der Waals surface area contributed by atoms with Gasteiger partial charge in [0.05, 0.1) is 0 Å². The van der Waals surface area contributed by atoms with E-state index in [1.807, 2.05) is 6.92 Å². The number of alkyl halides is 3. The van der Waals surface area contributed by atoms with Crippen molar-refractivity contribution in [2.45, 2.75) is 31.5 Å². The van der Waals surface area contributed by atoms with Gasteiger partial charge >= 0.3 is 6.36 Å². The molecular weight excluding hydrogens is 224 g/mol. The summed E-state index contributed by atoms with van der Waals surface area (Å²) in [4.78, 5) is 0. The summed E-state index contributed by atoms with van der Waals surface area (Å²) in [5.41, 5.74) is 0.574. The third kappa shape index (κ3) is 2.28. The molecule has 1 aliphatic rings. The number of halogens is 4. The topological polar surface area (TPSA) is 9.23 Å². The maximum absolute atomic E-state index is 13.1. The molecule has 1 aliphatic carbocycles. The van der Waals surface area contributed by atoms with E-state index in [0.29, 0.717) is 5.56 Å². The fourth-order valence-corrected chi connectivity index (χ4v) is 1.56. The molecule has 1 fully saturated rings. The van der Waals surface area contributed by atoms with Crippen molar-refractivity contribution in [3.8, 4) is 5.75 Å². The minimum absolute atomic E-state index is 0.114. The molecule has 0 spiro atoms. The van der Waals surface area contributed by atoms with Crippen LogP contribution in [0.15, 0.2) is 18.2 Å². The molecule has 0 aliphatic heterocycles. The molecule has 2 rings (SSSR count). The van der Waals surface area contributed by atoms with E-state index >= 15 is 0 Å². The fourth-order valence-electron chi connectivity index (χ4n) is 1.56. The Bertz CT molecular complexity index is 407. The Kier molecular flexibility index (Phi) is 2.36. The van der Waals surface area contributed by atoms with Crippen molar-refractivity contribution in [1.29, 1.82) is 0 Å². The van der Waals surface area contributed by atoms with Crippen LogP contribution in [0.5, 0.6) is 5.75 Å². The molecule has 0 atom stereocenters. The third-order valence-electron chi connectivity index (χ3n) is 2.85. The molecule has 0 unspecified atom stereocenters. The summed E-state index contributed by atoms with van der Waals surface area (Å²) in [6, 6.07) is 3.65. The zero-order valence-corrected chi connectivity index (χ0v) is 8.57. The second-order valence-corrected chi connectivity index (χ2v) is 4.25. The van der Waals surface area contributed by atoms with Gasteiger partial charge in [-0.3, -0.25) is 0 Å². The predicted molar refractivity (Wildman–Crippen MR) is 49.7 cm³/mol. The van der Waals surface area contributed by atoms with Crippen LogP contribution >= 0.6 is 0 Å². The average Bonchev–Trinajstić information content (AvgIpc) is 2.86. The summed E-state index contributed by atoms with van der Waals surface area (Å²) in [5.74, 6) is -1.75. The zero-order chi connectivity index (χ0) is 12.0. The van der Waals surface area contributed by atoms with Gasteiger partial charge in [0.2, 0.25) is 0 Å². The van der Waals surface area contributed by atoms with Crippen LogP contribution in [0.4, 0.5) is 17.6 Å². The number of hydrogen-bond donors (Lipinski definition) is 0. The molecule has 1 saturated carbocycles. The second-order valence-electron chi connectivity index (χ2n) is 4.25. The molecule has 5 heteroatoms. The monoisotopic (exact) mass is 234 g/mol. The van der Waals surface area contributed by atoms with Crippen molar-refractivity contribution in [2.24, 2.45) is 0 Å². The number of rotatable bonds is 2. The molecule has 0 N–H and O–H groups in total. The SMILES string of the molecule is CC1(c2ccc(F)c(OC(F)(F)F)c2)CC1. The van der Waals surface area contributed by atoms with Gasteiger partial charge in [0, 0.05) is 0 Å². The van der Waals surface area contributed by atoms with Crippen LogP contribution in [0, 0.1) is 5.82 Å². The number of hydrogen-bond acceptors (Lipinski definition) is 1. The maximum atomic E-state index is 13.1. The van der Waals surface area contributed by atoms with Crippen molar-refractivity contribution < 1.29 is 22.3 Å². The largest absolute Gasteiger partial charge is 0.573 e. The van der Waals surface area contributed by atoms with E-state index in [2.05, 4.69) is 4.74 Å². The Balaban J connectivity index is 2.30. The minimum Gasteiger partial charge on any atom is -0.403 e. The lowest BCUT2D eigenvalue weighted by Gasteiger charge is -2.13. The van der Waals surface area contributed by atoms with Gasteiger partial charge in [-0.05, 0) is 36.0 Å². The van der Waals surface area contributed by atoms with Gasteiger partial charge in [-0.2, -0.15) is 0 Å². The first-order valence-corrected chi connectivity index (χ1v) is 4.86. The van der Waals surface area contributed by atoms with E-state index in [9.17, 15) is 17.6 Å². The lowest BCUT2D eigenvalue weighted by molar-refractivity contribution is -0.275. The van der Waals surface area contributed by atoms with Gasteiger partial charge in [-0.15, -0.1) is 13.2 Å². The van der Waals surface area contributed by atoms with Crippen molar-refractivity contribution in [3.05, 3.63) is 29.6 Å². The zero-order valence-electron chi connectivity index (χ0n) is 8.57. The highest BCUT2D eigenvalue weighted by Crippen LogP contribution is 2.48. The highest BCUT2D eigenvalue weighted by atomic mass is 19.4. The predicted octanol–water partition coefficient (Wildman–Crippen LogP) is 3.78. The van der Waals surface area contributed by atoms with E-state index in [4.69, 9.17) is 0 Å². The molecular formula is C11H10F4O. The fraction of sp³-hybridized carbons (Fsp3) is 0.455. The summed E-state index contributed by atoms with van der Waals surface area (Å²) in [7, 11) is 0. The first kappa shape index (κ1) is 11.2. The molecule has 0 heterocycles. The molecule has 1 aromatic rings. The first-order valence-electron chi connectivity index (χ1n) is 4.86. The number of benzene rings is 1. The lowest BCUT2D eigenvalue weighted by atomic mass is 9.98. The van der Waals surface area contributed by atoms with Crippen molar-refractivity contribution in [3.63, 3.8) is 0 Å². The lowest BCUT2D eigenvalue weighted by Crippen LogP contribution is -2.18. The summed E-state index contributed by atoms with van der Waals surface area (Å²) in [6.45, 7) is 1.93. The molecule has 0 radical (unpaired) electrons. The smallest absolute Gasteiger partial charge is 0.403 e. The Morgan fingerprint density at radius 1 is 1.25 bits per heavy atom. The van der Waals surface area contributed by atoms with Crippen LogP contribution < -0.4 is 4.74 Å². The van der Waals surface area contributed by atoms with Crippen molar-refractivity contribution in [2.75, 3.05) is 0 Å². The van der Waals surface area contributed by atoms with E-state index < -0.39 is 17.9 Å². The quantitative estimate of drug-likeness (QED) is 0.707. The van der Waals surface area contributed by atoms with E-state index in [1.165, 1.54) is 6.07 Å². The van der Waals surface area contributed by atoms with Crippen LogP contribution in [0.3, 0.4) is 0 Å². The molecule has 0 saturated heterocycles. The average molecular weight is 234 g/mol. The van der Waals surface area contributed by atoms with Crippen LogP contribution in [0.1, 0.15) is 25.3 Å². The van der Waals surface area contributed by atoms with Gasteiger partial charge < -0.3 is 4.74 Å². The van der Waals surface area contributed by atoms with E-state index in [-0.39, 0.29) is 5.41 Å². The Morgan fingerprint density at radius 2 is 1.88 bits per heavy atom. The second kappa shape index (κ2) is 3.37. The van der Waals surface area contributed by atoms with Gasteiger partial charge in [0.15, 0.2) is 11.6 Å². The number of ether oxygens (including phenoxy) is 1. The highest BCUT2D eigenvalue weighted by Gasteiger charge is 2.40. The maximum Gasteiger partial charge on any atom is 0.573 e. The summed E-state index contributed by atoms with van der Waals surface area (Å²) in [6.07, 6.45) is -3.04. The van der Waals surface area contributed by atoms with Crippen LogP contribution in [0.2, 0.25) is 0 Å². The van der Waals surface area contributed by atoms with E-state index in [0.717, 1.165) is 25.0 Å². The molecule has 0 amide bonds. The Labute approximate surface area is 90.0 Å². The Hall–Kier alpha value is -1.26.